The third-order valence-electron chi connectivity index (χ3n) is 2.36. The molecule has 0 aliphatic heterocycles. The van der Waals surface area contributed by atoms with Crippen LogP contribution in [-0.4, -0.2) is 40.8 Å². The van der Waals surface area contributed by atoms with Gasteiger partial charge in [-0.3, -0.25) is 0 Å². The van der Waals surface area contributed by atoms with Gasteiger partial charge in [-0.1, -0.05) is 0 Å². The number of halogens is 12. The summed E-state index contributed by atoms with van der Waals surface area (Å²) in [4.78, 5) is 0. The van der Waals surface area contributed by atoms with Crippen molar-refractivity contribution in [3.8, 4) is 0 Å². The third-order valence-corrected chi connectivity index (χ3v) is 2.36. The van der Waals surface area contributed by atoms with E-state index in [2.05, 4.69) is 0 Å². The maximum atomic E-state index is 13.0. The van der Waals surface area contributed by atoms with Crippen molar-refractivity contribution in [2.45, 2.75) is 42.6 Å². The van der Waals surface area contributed by atoms with E-state index in [9.17, 15) is 52.7 Å². The Kier molecular flexibility index (Phi) is 4.12. The summed E-state index contributed by atoms with van der Waals surface area (Å²) in [7, 11) is 0. The monoisotopic (exact) mass is 332 g/mol. The van der Waals surface area contributed by atoms with Crippen LogP contribution in [0.3, 0.4) is 0 Å². The molecule has 0 saturated carbocycles. The Hall–Kier alpha value is -0.880. The molecule has 0 aromatic heterocycles. The van der Waals surface area contributed by atoms with Gasteiger partial charge < -0.3 is 5.11 Å². The first-order valence-corrected chi connectivity index (χ1v) is 4.24. The van der Waals surface area contributed by atoms with Crippen molar-refractivity contribution >= 4 is 0 Å². The van der Waals surface area contributed by atoms with Crippen molar-refractivity contribution in [2.24, 2.45) is 0 Å². The minimum Gasteiger partial charge on any atom is -0.333 e. The summed E-state index contributed by atoms with van der Waals surface area (Å²) < 4.78 is 148. The van der Waals surface area contributed by atoms with E-state index in [1.165, 1.54) is 0 Å². The maximum absolute atomic E-state index is 13.0. The van der Waals surface area contributed by atoms with Gasteiger partial charge in [0.2, 0.25) is 0 Å². The van der Waals surface area contributed by atoms with Crippen LogP contribution in [0.2, 0.25) is 0 Å². The smallest absolute Gasteiger partial charge is 0.333 e. The summed E-state index contributed by atoms with van der Waals surface area (Å²) >= 11 is 0. The van der Waals surface area contributed by atoms with Gasteiger partial charge >= 0.3 is 30.1 Å². The van der Waals surface area contributed by atoms with E-state index in [0.29, 0.717) is 0 Å². The second-order valence-electron chi connectivity index (χ2n) is 3.77. The van der Waals surface area contributed by atoms with Gasteiger partial charge in [-0.05, 0) is 6.92 Å². The van der Waals surface area contributed by atoms with Gasteiger partial charge in [0.05, 0.1) is 0 Å². The van der Waals surface area contributed by atoms with E-state index < -0.39 is 42.6 Å². The highest BCUT2D eigenvalue weighted by Crippen LogP contribution is 2.60. The van der Waals surface area contributed by atoms with E-state index in [0.717, 1.165) is 0 Å². The number of hydrogen-bond donors (Lipinski definition) is 1. The van der Waals surface area contributed by atoms with Crippen LogP contribution >= 0.6 is 0 Å². The maximum Gasteiger partial charge on any atom is 0.437 e. The minimum absolute atomic E-state index is 1.27. The standard InChI is InChI=1S/C7H4F12O/c1-2(8,5(12,13)14)4(10,11)3(9,6(15,16)17)7(18,19)20/h20H,1H3. The first-order valence-electron chi connectivity index (χ1n) is 4.24. The molecule has 0 bridgehead atoms. The van der Waals surface area contributed by atoms with Crippen LogP contribution in [0.15, 0.2) is 0 Å². The molecule has 0 radical (unpaired) electrons. The van der Waals surface area contributed by atoms with Crippen molar-refractivity contribution in [1.29, 1.82) is 0 Å². The van der Waals surface area contributed by atoms with Gasteiger partial charge in [0.15, 0.2) is 0 Å². The van der Waals surface area contributed by atoms with Crippen LogP contribution in [-0.2, 0) is 0 Å². The molecule has 0 saturated heterocycles. The lowest BCUT2D eigenvalue weighted by Gasteiger charge is -2.42. The van der Waals surface area contributed by atoms with Crippen molar-refractivity contribution < 1.29 is 57.8 Å². The predicted octanol–water partition coefficient (Wildman–Crippen LogP) is 3.77. The zero-order valence-corrected chi connectivity index (χ0v) is 8.98. The molecule has 0 aliphatic carbocycles. The average Bonchev–Trinajstić information content (AvgIpc) is 2.10. The van der Waals surface area contributed by atoms with Gasteiger partial charge in [0.1, 0.15) is 0 Å². The van der Waals surface area contributed by atoms with Crippen molar-refractivity contribution in [1.82, 2.24) is 0 Å². The molecule has 0 aromatic rings. The molecule has 0 amide bonds. The largest absolute Gasteiger partial charge is 0.437 e. The fourth-order valence-corrected chi connectivity index (χ4v) is 1.04. The number of rotatable bonds is 3. The molecule has 2 unspecified atom stereocenters. The Labute approximate surface area is 102 Å². The molecule has 0 fully saturated rings. The van der Waals surface area contributed by atoms with Crippen LogP contribution < -0.4 is 0 Å². The summed E-state index contributed by atoms with van der Waals surface area (Å²) in [5.41, 5.74) is -13.8. The minimum atomic E-state index is -7.49. The Bertz CT molecular complexity index is 343. The van der Waals surface area contributed by atoms with E-state index in [1.807, 2.05) is 0 Å². The van der Waals surface area contributed by atoms with Gasteiger partial charge in [0, 0.05) is 0 Å². The van der Waals surface area contributed by atoms with Crippen LogP contribution in [0.25, 0.3) is 0 Å². The molecule has 20 heavy (non-hydrogen) atoms. The molecule has 13 heteroatoms. The zero-order chi connectivity index (χ0) is 17.0. The second-order valence-corrected chi connectivity index (χ2v) is 3.77. The summed E-state index contributed by atoms with van der Waals surface area (Å²) in [6.45, 7) is -1.27. The van der Waals surface area contributed by atoms with Gasteiger partial charge in [0.25, 0.3) is 5.67 Å². The fourth-order valence-electron chi connectivity index (χ4n) is 1.04. The lowest BCUT2D eigenvalue weighted by molar-refractivity contribution is -0.448. The molecule has 1 nitrogen and oxygen atoms in total. The van der Waals surface area contributed by atoms with E-state index >= 15 is 0 Å². The number of alkyl halides is 12. The molecule has 0 aromatic carbocycles. The third kappa shape index (κ3) is 2.29. The Morgan fingerprint density at radius 2 is 0.900 bits per heavy atom. The Balaban J connectivity index is 6.38. The first kappa shape index (κ1) is 19.1. The average molecular weight is 332 g/mol. The van der Waals surface area contributed by atoms with Gasteiger partial charge in [-0.2, -0.15) is 43.9 Å². The van der Waals surface area contributed by atoms with E-state index in [4.69, 9.17) is 5.11 Å². The van der Waals surface area contributed by atoms with Crippen LogP contribution in [0.1, 0.15) is 6.92 Å². The lowest BCUT2D eigenvalue weighted by Crippen LogP contribution is -2.74. The van der Waals surface area contributed by atoms with Crippen LogP contribution in [0.5, 0.6) is 0 Å². The first-order chi connectivity index (χ1) is 8.25. The Morgan fingerprint density at radius 3 is 1.05 bits per heavy atom. The van der Waals surface area contributed by atoms with E-state index in [-0.39, 0.29) is 0 Å². The summed E-state index contributed by atoms with van der Waals surface area (Å²) in [5, 5.41) is 7.59. The van der Waals surface area contributed by atoms with E-state index in [1.54, 1.807) is 0 Å². The molecule has 0 aliphatic rings. The number of hydrogen-bond acceptors (Lipinski definition) is 1. The molecule has 0 spiro atoms. The molecule has 2 atom stereocenters. The number of aliphatic hydroxyl groups is 1. The van der Waals surface area contributed by atoms with Crippen LogP contribution in [0.4, 0.5) is 52.7 Å². The topological polar surface area (TPSA) is 20.2 Å². The van der Waals surface area contributed by atoms with Gasteiger partial charge in [-0.25, -0.2) is 8.78 Å². The molecule has 0 rings (SSSR count). The van der Waals surface area contributed by atoms with Crippen molar-refractivity contribution in [2.75, 3.05) is 0 Å². The fraction of sp³-hybridized carbons (Fsp3) is 1.00. The normalized spacial score (nSPS) is 21.3. The molecular formula is C7H4F12O. The van der Waals surface area contributed by atoms with Gasteiger partial charge in [-0.15, -0.1) is 0 Å². The molecule has 122 valence electrons. The highest BCUT2D eigenvalue weighted by Gasteiger charge is 2.90. The second kappa shape index (κ2) is 4.31. The zero-order valence-electron chi connectivity index (χ0n) is 8.98. The highest BCUT2D eigenvalue weighted by atomic mass is 19.4. The highest BCUT2D eigenvalue weighted by molar-refractivity contribution is 5.14. The summed E-state index contributed by atoms with van der Waals surface area (Å²) in [5.74, 6) is -7.38. The predicted molar refractivity (Wildman–Crippen MR) is 37.6 cm³/mol. The molecule has 0 heterocycles. The van der Waals surface area contributed by atoms with Crippen LogP contribution in [0, 0.1) is 0 Å². The quantitative estimate of drug-likeness (QED) is 0.780. The Morgan fingerprint density at radius 1 is 0.600 bits per heavy atom. The van der Waals surface area contributed by atoms with Crippen molar-refractivity contribution in [3.05, 3.63) is 0 Å². The molecular weight excluding hydrogens is 328 g/mol. The summed E-state index contributed by atoms with van der Waals surface area (Å²) in [6.07, 6.45) is -21.3. The lowest BCUT2D eigenvalue weighted by atomic mass is 9.83. The summed E-state index contributed by atoms with van der Waals surface area (Å²) in [6, 6.07) is 0. The SMILES string of the molecule is CC(F)(C(F)(F)F)C(F)(F)C(F)(C(O)(F)F)C(F)(F)F. The van der Waals surface area contributed by atoms with Crippen molar-refractivity contribution in [3.63, 3.8) is 0 Å². The molecule has 1 N–H and O–H groups in total.